The third-order valence-corrected chi connectivity index (χ3v) is 5.04. The van der Waals surface area contributed by atoms with Crippen LogP contribution in [0.25, 0.3) is 0 Å². The molecule has 128 valence electrons. The van der Waals surface area contributed by atoms with Gasteiger partial charge in [0.05, 0.1) is 18.1 Å². The first-order chi connectivity index (χ1) is 10.9. The van der Waals surface area contributed by atoms with Gasteiger partial charge in [0.25, 0.3) is 16.0 Å². The van der Waals surface area contributed by atoms with Crippen LogP contribution in [0.3, 0.4) is 0 Å². The summed E-state index contributed by atoms with van der Waals surface area (Å²) >= 11 is 0. The van der Waals surface area contributed by atoms with Crippen LogP contribution >= 0.6 is 0 Å². The molecule has 0 saturated carbocycles. The summed E-state index contributed by atoms with van der Waals surface area (Å²) in [7, 11) is -3.96. The Kier molecular flexibility index (Phi) is 6.15. The first kappa shape index (κ1) is 17.9. The van der Waals surface area contributed by atoms with Gasteiger partial charge >= 0.3 is 0 Å². The number of benzene rings is 1. The van der Waals surface area contributed by atoms with Crippen LogP contribution in [-0.2, 0) is 23.8 Å². The lowest BCUT2D eigenvalue weighted by molar-refractivity contribution is -0.143. The fourth-order valence-electron chi connectivity index (χ4n) is 2.38. The average molecular weight is 341 g/mol. The van der Waals surface area contributed by atoms with E-state index in [9.17, 15) is 13.2 Å². The van der Waals surface area contributed by atoms with Gasteiger partial charge < -0.3 is 9.64 Å². The van der Waals surface area contributed by atoms with Crippen molar-refractivity contribution in [3.05, 3.63) is 29.8 Å². The van der Waals surface area contributed by atoms with Crippen LogP contribution in [0, 0.1) is 6.92 Å². The minimum Gasteiger partial charge on any atom is -0.378 e. The van der Waals surface area contributed by atoms with Crippen molar-refractivity contribution in [3.63, 3.8) is 0 Å². The monoisotopic (exact) mass is 341 g/mol. The van der Waals surface area contributed by atoms with E-state index in [1.807, 2.05) is 13.8 Å². The third kappa shape index (κ3) is 4.76. The van der Waals surface area contributed by atoms with Crippen LogP contribution in [0.2, 0.25) is 0 Å². The first-order valence-electron chi connectivity index (χ1n) is 7.80. The Morgan fingerprint density at radius 2 is 1.87 bits per heavy atom. The SMILES string of the molecule is CCC[C@@H](OS(=O)(=O)c1ccc(C)cc1)C(=O)N1CCOCC1. The smallest absolute Gasteiger partial charge is 0.297 e. The van der Waals surface area contributed by atoms with Crippen LogP contribution in [0.1, 0.15) is 25.3 Å². The molecular weight excluding hydrogens is 318 g/mol. The van der Waals surface area contributed by atoms with Gasteiger partial charge in [-0.05, 0) is 25.5 Å². The maximum Gasteiger partial charge on any atom is 0.297 e. The van der Waals surface area contributed by atoms with Gasteiger partial charge in [-0.25, -0.2) is 0 Å². The zero-order chi connectivity index (χ0) is 16.9. The lowest BCUT2D eigenvalue weighted by atomic mass is 10.2. The highest BCUT2D eigenvalue weighted by atomic mass is 32.2. The first-order valence-corrected chi connectivity index (χ1v) is 9.21. The molecule has 0 aliphatic carbocycles. The summed E-state index contributed by atoms with van der Waals surface area (Å²) in [5.74, 6) is -0.286. The third-order valence-electron chi connectivity index (χ3n) is 3.70. The molecule has 6 nitrogen and oxygen atoms in total. The zero-order valence-electron chi connectivity index (χ0n) is 13.5. The van der Waals surface area contributed by atoms with Crippen LogP contribution in [-0.4, -0.2) is 51.6 Å². The van der Waals surface area contributed by atoms with Crippen LogP contribution in [0.5, 0.6) is 0 Å². The second-order valence-corrected chi connectivity index (χ2v) is 7.15. The number of ether oxygens (including phenoxy) is 1. The van der Waals surface area contributed by atoms with E-state index in [-0.39, 0.29) is 10.8 Å². The summed E-state index contributed by atoms with van der Waals surface area (Å²) in [5, 5.41) is 0. The number of rotatable bonds is 6. The molecule has 1 saturated heterocycles. The Balaban J connectivity index is 2.14. The lowest BCUT2D eigenvalue weighted by Gasteiger charge is -2.30. The van der Waals surface area contributed by atoms with Gasteiger partial charge in [-0.1, -0.05) is 31.0 Å². The molecule has 1 aliphatic heterocycles. The molecule has 2 rings (SSSR count). The van der Waals surface area contributed by atoms with Gasteiger partial charge in [-0.15, -0.1) is 0 Å². The summed E-state index contributed by atoms with van der Waals surface area (Å²) in [6.45, 7) is 5.63. The van der Waals surface area contributed by atoms with E-state index < -0.39 is 16.2 Å². The number of nitrogens with zero attached hydrogens (tertiary/aromatic N) is 1. The maximum atomic E-state index is 12.5. The molecule has 0 aromatic heterocycles. The van der Waals surface area contributed by atoms with Crippen molar-refractivity contribution >= 4 is 16.0 Å². The summed E-state index contributed by atoms with van der Waals surface area (Å²) in [5.41, 5.74) is 0.957. The summed E-state index contributed by atoms with van der Waals surface area (Å²) in [4.78, 5) is 14.2. The summed E-state index contributed by atoms with van der Waals surface area (Å²) < 4.78 is 35.3. The van der Waals surface area contributed by atoms with E-state index in [1.165, 1.54) is 12.1 Å². The molecule has 1 atom stereocenters. The Morgan fingerprint density at radius 1 is 1.26 bits per heavy atom. The molecule has 1 amide bonds. The van der Waals surface area contributed by atoms with E-state index in [0.717, 1.165) is 5.56 Å². The molecule has 0 radical (unpaired) electrons. The van der Waals surface area contributed by atoms with Gasteiger partial charge in [0, 0.05) is 13.1 Å². The standard InChI is InChI=1S/C16H23NO5S/c1-3-4-15(16(18)17-9-11-21-12-10-17)22-23(19,20)14-7-5-13(2)6-8-14/h5-8,15H,3-4,9-12H2,1-2H3/t15-/m1/s1. The Morgan fingerprint density at radius 3 is 2.43 bits per heavy atom. The van der Waals surface area contributed by atoms with Crippen LogP contribution < -0.4 is 0 Å². The maximum absolute atomic E-state index is 12.5. The molecule has 0 bridgehead atoms. The van der Waals surface area contributed by atoms with Gasteiger partial charge in [-0.2, -0.15) is 8.42 Å². The number of aryl methyl sites for hydroxylation is 1. The quantitative estimate of drug-likeness (QED) is 0.737. The van der Waals surface area contributed by atoms with E-state index in [0.29, 0.717) is 39.1 Å². The molecular formula is C16H23NO5S. The fraction of sp³-hybridized carbons (Fsp3) is 0.562. The molecule has 1 heterocycles. The van der Waals surface area contributed by atoms with Crippen molar-refractivity contribution in [2.24, 2.45) is 0 Å². The average Bonchev–Trinajstić information content (AvgIpc) is 2.55. The van der Waals surface area contributed by atoms with Crippen molar-refractivity contribution in [2.45, 2.75) is 37.7 Å². The largest absolute Gasteiger partial charge is 0.378 e. The summed E-state index contributed by atoms with van der Waals surface area (Å²) in [6, 6.07) is 6.39. The molecule has 1 fully saturated rings. The lowest BCUT2D eigenvalue weighted by Crippen LogP contribution is -2.46. The Hall–Kier alpha value is -1.44. The molecule has 1 aromatic carbocycles. The van der Waals surface area contributed by atoms with Crippen molar-refractivity contribution in [1.29, 1.82) is 0 Å². The molecule has 0 spiro atoms. The van der Waals surface area contributed by atoms with E-state index >= 15 is 0 Å². The van der Waals surface area contributed by atoms with Crippen LogP contribution in [0.15, 0.2) is 29.2 Å². The second kappa shape index (κ2) is 7.90. The van der Waals surface area contributed by atoms with Gasteiger partial charge in [0.2, 0.25) is 0 Å². The van der Waals surface area contributed by atoms with Gasteiger partial charge in [-0.3, -0.25) is 8.98 Å². The van der Waals surface area contributed by atoms with Crippen molar-refractivity contribution in [3.8, 4) is 0 Å². The topological polar surface area (TPSA) is 72.9 Å². The molecule has 1 aliphatic rings. The highest BCUT2D eigenvalue weighted by molar-refractivity contribution is 7.86. The summed E-state index contributed by atoms with van der Waals surface area (Å²) in [6.07, 6.45) is 0.0373. The van der Waals surface area contributed by atoms with Crippen LogP contribution in [0.4, 0.5) is 0 Å². The fourth-order valence-corrected chi connectivity index (χ4v) is 3.44. The molecule has 1 aromatic rings. The van der Waals surface area contributed by atoms with Gasteiger partial charge in [0.1, 0.15) is 0 Å². The number of morpholine rings is 1. The normalized spacial score (nSPS) is 17.0. The minimum absolute atomic E-state index is 0.0685. The number of amides is 1. The van der Waals surface area contributed by atoms with Crippen molar-refractivity contribution < 1.29 is 22.1 Å². The number of hydrogen-bond acceptors (Lipinski definition) is 5. The highest BCUT2D eigenvalue weighted by Crippen LogP contribution is 2.19. The predicted molar refractivity (Wildman–Crippen MR) is 85.5 cm³/mol. The number of carbonyl (C=O) groups is 1. The highest BCUT2D eigenvalue weighted by Gasteiger charge is 2.31. The Bertz CT molecular complexity index is 620. The number of hydrogen-bond donors (Lipinski definition) is 0. The van der Waals surface area contributed by atoms with E-state index in [4.69, 9.17) is 8.92 Å². The minimum atomic E-state index is -3.96. The number of carbonyl (C=O) groups excluding carboxylic acids is 1. The molecule has 0 unspecified atom stereocenters. The van der Waals surface area contributed by atoms with E-state index in [1.54, 1.807) is 17.0 Å². The zero-order valence-corrected chi connectivity index (χ0v) is 14.3. The second-order valence-electron chi connectivity index (χ2n) is 5.58. The Labute approximate surface area is 137 Å². The van der Waals surface area contributed by atoms with E-state index in [2.05, 4.69) is 0 Å². The predicted octanol–water partition coefficient (Wildman–Crippen LogP) is 1.73. The van der Waals surface area contributed by atoms with Crippen molar-refractivity contribution in [2.75, 3.05) is 26.3 Å². The molecule has 0 N–H and O–H groups in total. The molecule has 23 heavy (non-hydrogen) atoms. The molecule has 7 heteroatoms. The van der Waals surface area contributed by atoms with Crippen molar-refractivity contribution in [1.82, 2.24) is 4.90 Å². The van der Waals surface area contributed by atoms with Gasteiger partial charge in [0.15, 0.2) is 6.10 Å².